The standard InChI is InChI=1S/C11H11F6NOS/c12-10(13,14)6-2-1-3-9(19,4-6)7-5-18-8(20-7)11(15,16)17/h5-6,19H,1-4H2. The van der Waals surface area contributed by atoms with Gasteiger partial charge in [0.15, 0.2) is 5.01 Å². The molecule has 1 fully saturated rings. The van der Waals surface area contributed by atoms with E-state index in [4.69, 9.17) is 0 Å². The molecule has 2 unspecified atom stereocenters. The number of nitrogens with zero attached hydrogens (tertiary/aromatic N) is 1. The number of aliphatic hydroxyl groups is 1. The number of halogens is 6. The molecule has 20 heavy (non-hydrogen) atoms. The monoisotopic (exact) mass is 319 g/mol. The van der Waals surface area contributed by atoms with Gasteiger partial charge in [-0.2, -0.15) is 26.3 Å². The topological polar surface area (TPSA) is 33.1 Å². The Balaban J connectivity index is 2.24. The third-order valence-electron chi connectivity index (χ3n) is 3.40. The number of aromatic nitrogens is 1. The third kappa shape index (κ3) is 3.08. The highest BCUT2D eigenvalue weighted by Crippen LogP contribution is 2.48. The van der Waals surface area contributed by atoms with E-state index in [1.807, 2.05) is 0 Å². The molecule has 1 aliphatic carbocycles. The van der Waals surface area contributed by atoms with Crippen LogP contribution in [0.3, 0.4) is 0 Å². The first-order chi connectivity index (χ1) is 9.02. The van der Waals surface area contributed by atoms with Crippen molar-refractivity contribution in [2.75, 3.05) is 0 Å². The summed E-state index contributed by atoms with van der Waals surface area (Å²) in [5, 5.41) is 9.10. The normalized spacial score (nSPS) is 28.6. The van der Waals surface area contributed by atoms with Crippen molar-refractivity contribution in [2.45, 2.75) is 43.6 Å². The van der Waals surface area contributed by atoms with E-state index in [2.05, 4.69) is 4.98 Å². The molecule has 1 N–H and O–H groups in total. The molecule has 2 rings (SSSR count). The van der Waals surface area contributed by atoms with Crippen LogP contribution in [0.15, 0.2) is 6.20 Å². The zero-order chi connectivity index (χ0) is 15.2. The summed E-state index contributed by atoms with van der Waals surface area (Å²) in [6.07, 6.45) is -8.89. The molecule has 1 aromatic heterocycles. The van der Waals surface area contributed by atoms with Crippen LogP contribution in [0.1, 0.15) is 35.6 Å². The minimum atomic E-state index is -4.66. The predicted molar refractivity (Wildman–Crippen MR) is 59.0 cm³/mol. The molecule has 0 saturated heterocycles. The zero-order valence-electron chi connectivity index (χ0n) is 10.1. The molecule has 1 saturated carbocycles. The van der Waals surface area contributed by atoms with E-state index < -0.39 is 35.3 Å². The average Bonchev–Trinajstić information content (AvgIpc) is 2.77. The quantitative estimate of drug-likeness (QED) is 0.791. The zero-order valence-corrected chi connectivity index (χ0v) is 10.9. The van der Waals surface area contributed by atoms with Gasteiger partial charge < -0.3 is 5.11 Å². The Morgan fingerprint density at radius 1 is 1.25 bits per heavy atom. The lowest BCUT2D eigenvalue weighted by Crippen LogP contribution is -2.37. The Morgan fingerprint density at radius 3 is 2.40 bits per heavy atom. The van der Waals surface area contributed by atoms with Gasteiger partial charge in [-0.05, 0) is 25.7 Å². The van der Waals surface area contributed by atoms with Crippen LogP contribution in [-0.4, -0.2) is 16.3 Å². The maximum absolute atomic E-state index is 12.7. The molecule has 9 heteroatoms. The van der Waals surface area contributed by atoms with Gasteiger partial charge in [-0.1, -0.05) is 0 Å². The van der Waals surface area contributed by atoms with Gasteiger partial charge in [0.05, 0.1) is 10.8 Å². The van der Waals surface area contributed by atoms with Gasteiger partial charge >= 0.3 is 12.4 Å². The lowest BCUT2D eigenvalue weighted by atomic mass is 9.77. The Labute approximate surface area is 114 Å². The molecule has 114 valence electrons. The molecule has 2 atom stereocenters. The van der Waals surface area contributed by atoms with Crippen LogP contribution in [-0.2, 0) is 11.8 Å². The number of alkyl halides is 6. The first-order valence-corrected chi connectivity index (χ1v) is 6.67. The fourth-order valence-electron chi connectivity index (χ4n) is 2.38. The summed E-state index contributed by atoms with van der Waals surface area (Å²) in [5.41, 5.74) is -1.88. The van der Waals surface area contributed by atoms with Crippen LogP contribution in [0.25, 0.3) is 0 Å². The maximum atomic E-state index is 12.7. The summed E-state index contributed by atoms with van der Waals surface area (Å²) >= 11 is 0.204. The van der Waals surface area contributed by atoms with Crippen molar-refractivity contribution in [2.24, 2.45) is 5.92 Å². The summed E-state index contributed by atoms with van der Waals surface area (Å²) in [4.78, 5) is 2.99. The van der Waals surface area contributed by atoms with E-state index >= 15 is 0 Å². The second-order valence-electron chi connectivity index (χ2n) is 4.89. The minimum Gasteiger partial charge on any atom is -0.384 e. The number of thiazole rings is 1. The third-order valence-corrected chi connectivity index (χ3v) is 4.63. The highest BCUT2D eigenvalue weighted by atomic mass is 32.1. The summed E-state index contributed by atoms with van der Waals surface area (Å²) in [6.45, 7) is 0. The van der Waals surface area contributed by atoms with Crippen molar-refractivity contribution in [3.63, 3.8) is 0 Å². The van der Waals surface area contributed by atoms with Gasteiger partial charge in [-0.15, -0.1) is 11.3 Å². The molecule has 1 aliphatic rings. The molecule has 1 heterocycles. The average molecular weight is 319 g/mol. The molecular weight excluding hydrogens is 308 g/mol. The molecule has 0 spiro atoms. The lowest BCUT2D eigenvalue weighted by molar-refractivity contribution is -0.201. The van der Waals surface area contributed by atoms with Crippen LogP contribution >= 0.6 is 11.3 Å². The molecule has 0 aliphatic heterocycles. The van der Waals surface area contributed by atoms with Gasteiger partial charge in [0, 0.05) is 6.20 Å². The number of rotatable bonds is 1. The Bertz CT molecular complexity index is 482. The summed E-state index contributed by atoms with van der Waals surface area (Å²) in [6, 6.07) is 0. The Kier molecular flexibility index (Phi) is 3.79. The molecule has 1 aromatic rings. The summed E-state index contributed by atoms with van der Waals surface area (Å²) < 4.78 is 75.4. The minimum absolute atomic E-state index is 0.0130. The Hall–Kier alpha value is -0.830. The fourth-order valence-corrected chi connectivity index (χ4v) is 3.29. The van der Waals surface area contributed by atoms with Gasteiger partial charge in [-0.25, -0.2) is 4.98 Å². The van der Waals surface area contributed by atoms with E-state index in [1.54, 1.807) is 0 Å². The fraction of sp³-hybridized carbons (Fsp3) is 0.727. The second-order valence-corrected chi connectivity index (χ2v) is 5.92. The first-order valence-electron chi connectivity index (χ1n) is 5.85. The van der Waals surface area contributed by atoms with Gasteiger partial charge in [0.2, 0.25) is 0 Å². The van der Waals surface area contributed by atoms with Crippen molar-refractivity contribution >= 4 is 11.3 Å². The summed E-state index contributed by atoms with van der Waals surface area (Å²) in [7, 11) is 0. The molecule has 0 bridgehead atoms. The highest BCUT2D eigenvalue weighted by Gasteiger charge is 2.49. The highest BCUT2D eigenvalue weighted by molar-refractivity contribution is 7.11. The Morgan fingerprint density at radius 2 is 1.90 bits per heavy atom. The van der Waals surface area contributed by atoms with Crippen molar-refractivity contribution < 1.29 is 31.4 Å². The van der Waals surface area contributed by atoms with Gasteiger partial charge in [-0.3, -0.25) is 0 Å². The van der Waals surface area contributed by atoms with Crippen molar-refractivity contribution in [1.82, 2.24) is 4.98 Å². The van der Waals surface area contributed by atoms with Gasteiger partial charge in [0.25, 0.3) is 0 Å². The van der Waals surface area contributed by atoms with Crippen LogP contribution in [0.4, 0.5) is 26.3 Å². The molecule has 2 nitrogen and oxygen atoms in total. The molecule has 0 amide bonds. The largest absolute Gasteiger partial charge is 0.443 e. The van der Waals surface area contributed by atoms with Crippen LogP contribution in [0, 0.1) is 5.92 Å². The molecule has 0 aromatic carbocycles. The first kappa shape index (κ1) is 15.6. The summed E-state index contributed by atoms with van der Waals surface area (Å²) in [5.74, 6) is -1.70. The molecular formula is C11H11F6NOS. The maximum Gasteiger partial charge on any atom is 0.443 e. The van der Waals surface area contributed by atoms with E-state index in [1.165, 1.54) is 0 Å². The smallest absolute Gasteiger partial charge is 0.384 e. The van der Waals surface area contributed by atoms with Crippen molar-refractivity contribution in [1.29, 1.82) is 0 Å². The van der Waals surface area contributed by atoms with E-state index in [-0.39, 0.29) is 35.5 Å². The number of hydrogen-bond acceptors (Lipinski definition) is 3. The number of hydrogen-bond donors (Lipinski definition) is 1. The SMILES string of the molecule is OC1(c2cnc(C(F)(F)F)s2)CCCC(C(F)(F)F)C1. The van der Waals surface area contributed by atoms with Crippen molar-refractivity contribution in [3.05, 3.63) is 16.1 Å². The predicted octanol–water partition coefficient (Wildman–Crippen LogP) is 4.10. The van der Waals surface area contributed by atoms with Crippen LogP contribution in [0.5, 0.6) is 0 Å². The van der Waals surface area contributed by atoms with Crippen LogP contribution in [0.2, 0.25) is 0 Å². The van der Waals surface area contributed by atoms with E-state index in [0.717, 1.165) is 6.20 Å². The van der Waals surface area contributed by atoms with Crippen LogP contribution < -0.4 is 0 Å². The van der Waals surface area contributed by atoms with E-state index in [0.29, 0.717) is 0 Å². The molecule has 0 radical (unpaired) electrons. The van der Waals surface area contributed by atoms with Gasteiger partial charge in [0.1, 0.15) is 5.60 Å². The second kappa shape index (κ2) is 4.87. The van der Waals surface area contributed by atoms with E-state index in [9.17, 15) is 31.4 Å². The van der Waals surface area contributed by atoms with Crippen molar-refractivity contribution in [3.8, 4) is 0 Å². The lowest BCUT2D eigenvalue weighted by Gasteiger charge is -2.36.